The summed E-state index contributed by atoms with van der Waals surface area (Å²) in [7, 11) is 0. The van der Waals surface area contributed by atoms with E-state index in [9.17, 15) is 9.18 Å². The number of anilines is 1. The van der Waals surface area contributed by atoms with Crippen LogP contribution in [0.15, 0.2) is 42.5 Å². The van der Waals surface area contributed by atoms with Crippen molar-refractivity contribution in [1.29, 1.82) is 0 Å². The zero-order valence-electron chi connectivity index (χ0n) is 10.9. The van der Waals surface area contributed by atoms with E-state index in [4.69, 9.17) is 29.6 Å². The minimum atomic E-state index is -0.734. The number of carbonyl (C=O) groups excluding carboxylic acids is 1. The highest BCUT2D eigenvalue weighted by molar-refractivity contribution is 7.80. The average molecular weight is 323 g/mol. The largest absolute Gasteiger partial charge is 0.393 e. The molecule has 2 rings (SSSR count). The van der Waals surface area contributed by atoms with E-state index in [0.717, 1.165) is 5.56 Å². The molecule has 3 nitrogen and oxygen atoms in total. The van der Waals surface area contributed by atoms with Gasteiger partial charge < -0.3 is 11.1 Å². The summed E-state index contributed by atoms with van der Waals surface area (Å²) in [6.07, 6.45) is 0.493. The summed E-state index contributed by atoms with van der Waals surface area (Å²) in [5.74, 6) is -1.29. The molecule has 21 heavy (non-hydrogen) atoms. The molecule has 108 valence electrons. The molecule has 0 saturated carbocycles. The quantitative estimate of drug-likeness (QED) is 0.846. The second kappa shape index (κ2) is 6.65. The number of rotatable bonds is 4. The number of nitrogens with one attached hydrogen (secondary N) is 1. The average Bonchev–Trinajstić information content (AvgIpc) is 2.43. The molecule has 0 aliphatic carbocycles. The van der Waals surface area contributed by atoms with Gasteiger partial charge in [-0.3, -0.25) is 4.79 Å². The normalized spacial score (nSPS) is 10.2. The van der Waals surface area contributed by atoms with E-state index >= 15 is 0 Å². The smallest absolute Gasteiger partial charge is 0.258 e. The Hall–Kier alpha value is -1.98. The van der Waals surface area contributed by atoms with Crippen LogP contribution < -0.4 is 11.1 Å². The van der Waals surface area contributed by atoms with Gasteiger partial charge in [0, 0.05) is 12.1 Å². The second-order valence-electron chi connectivity index (χ2n) is 4.40. The summed E-state index contributed by atoms with van der Waals surface area (Å²) in [6.45, 7) is 0. The molecule has 0 atom stereocenters. The Morgan fingerprint density at radius 2 is 1.90 bits per heavy atom. The standard InChI is InChI=1S/C15H12ClFN2OS/c16-12-3-1-2-11(14(12)17)15(20)19-10-6-4-9(5-7-10)8-13(18)21/h1-7H,8H2,(H2,18,21)(H,19,20). The van der Waals surface area contributed by atoms with Crippen molar-refractivity contribution in [2.24, 2.45) is 5.73 Å². The second-order valence-corrected chi connectivity index (χ2v) is 5.33. The van der Waals surface area contributed by atoms with Gasteiger partial charge in [0.15, 0.2) is 5.82 Å². The first-order chi connectivity index (χ1) is 9.97. The molecule has 1 amide bonds. The molecule has 0 unspecified atom stereocenters. The number of hydrogen-bond donors (Lipinski definition) is 2. The van der Waals surface area contributed by atoms with Crippen LogP contribution in [0.1, 0.15) is 15.9 Å². The Morgan fingerprint density at radius 1 is 1.24 bits per heavy atom. The van der Waals surface area contributed by atoms with Crippen molar-refractivity contribution < 1.29 is 9.18 Å². The van der Waals surface area contributed by atoms with Crippen molar-refractivity contribution in [3.8, 4) is 0 Å². The molecule has 0 aliphatic rings. The zero-order chi connectivity index (χ0) is 15.4. The minimum Gasteiger partial charge on any atom is -0.393 e. The fraction of sp³-hybridized carbons (Fsp3) is 0.0667. The third-order valence-electron chi connectivity index (χ3n) is 2.79. The highest BCUT2D eigenvalue weighted by atomic mass is 35.5. The summed E-state index contributed by atoms with van der Waals surface area (Å²) < 4.78 is 13.7. The summed E-state index contributed by atoms with van der Waals surface area (Å²) in [4.78, 5) is 12.4. The molecule has 3 N–H and O–H groups in total. The Kier molecular flexibility index (Phi) is 4.88. The monoisotopic (exact) mass is 322 g/mol. The van der Waals surface area contributed by atoms with Gasteiger partial charge in [0.1, 0.15) is 0 Å². The maximum absolute atomic E-state index is 13.7. The van der Waals surface area contributed by atoms with Gasteiger partial charge in [0.2, 0.25) is 0 Å². The molecular formula is C15H12ClFN2OS. The first-order valence-corrected chi connectivity index (χ1v) is 6.88. The van der Waals surface area contributed by atoms with Gasteiger partial charge in [-0.25, -0.2) is 4.39 Å². The molecule has 0 aromatic heterocycles. The topological polar surface area (TPSA) is 55.1 Å². The van der Waals surface area contributed by atoms with Crippen LogP contribution in [-0.4, -0.2) is 10.9 Å². The van der Waals surface area contributed by atoms with Crippen LogP contribution in [0.3, 0.4) is 0 Å². The Morgan fingerprint density at radius 3 is 2.52 bits per heavy atom. The van der Waals surface area contributed by atoms with Crippen molar-refractivity contribution in [2.45, 2.75) is 6.42 Å². The van der Waals surface area contributed by atoms with Crippen molar-refractivity contribution in [3.05, 3.63) is 64.4 Å². The van der Waals surface area contributed by atoms with Crippen molar-refractivity contribution >= 4 is 40.4 Å². The first kappa shape index (κ1) is 15.4. The lowest BCUT2D eigenvalue weighted by Crippen LogP contribution is -2.14. The van der Waals surface area contributed by atoms with Crippen LogP contribution in [0.25, 0.3) is 0 Å². The predicted molar refractivity (Wildman–Crippen MR) is 86.3 cm³/mol. The van der Waals surface area contributed by atoms with Crippen molar-refractivity contribution in [1.82, 2.24) is 0 Å². The molecule has 0 bridgehead atoms. The van der Waals surface area contributed by atoms with E-state index in [-0.39, 0.29) is 10.6 Å². The summed E-state index contributed by atoms with van der Waals surface area (Å²) in [6, 6.07) is 11.3. The fourth-order valence-electron chi connectivity index (χ4n) is 1.78. The number of thiocarbonyl (C=S) groups is 1. The first-order valence-electron chi connectivity index (χ1n) is 6.10. The molecule has 0 saturated heterocycles. The van der Waals surface area contributed by atoms with E-state index in [0.29, 0.717) is 17.1 Å². The van der Waals surface area contributed by atoms with E-state index in [1.165, 1.54) is 18.2 Å². The molecule has 2 aromatic rings. The molecule has 0 radical (unpaired) electrons. The predicted octanol–water partition coefficient (Wildman–Crippen LogP) is 3.56. The van der Waals surface area contributed by atoms with Gasteiger partial charge in [-0.1, -0.05) is 42.0 Å². The van der Waals surface area contributed by atoms with E-state index in [1.807, 2.05) is 0 Å². The number of nitrogens with two attached hydrogens (primary N) is 1. The van der Waals surface area contributed by atoms with Gasteiger partial charge >= 0.3 is 0 Å². The molecule has 2 aromatic carbocycles. The van der Waals surface area contributed by atoms with Crippen LogP contribution in [-0.2, 0) is 6.42 Å². The van der Waals surface area contributed by atoms with Crippen molar-refractivity contribution in [2.75, 3.05) is 5.32 Å². The van der Waals surface area contributed by atoms with Gasteiger partial charge in [-0.2, -0.15) is 0 Å². The Balaban J connectivity index is 2.12. The maximum Gasteiger partial charge on any atom is 0.258 e. The maximum atomic E-state index is 13.7. The van der Waals surface area contributed by atoms with Gasteiger partial charge in [0.05, 0.1) is 15.6 Å². The van der Waals surface area contributed by atoms with Gasteiger partial charge in [-0.05, 0) is 29.8 Å². The molecule has 0 aliphatic heterocycles. The number of amides is 1. The van der Waals surface area contributed by atoms with E-state index in [2.05, 4.69) is 5.32 Å². The number of carbonyl (C=O) groups is 1. The fourth-order valence-corrected chi connectivity index (χ4v) is 2.13. The molecule has 0 spiro atoms. The van der Waals surface area contributed by atoms with Gasteiger partial charge in [0.25, 0.3) is 5.91 Å². The lowest BCUT2D eigenvalue weighted by Gasteiger charge is -2.08. The third kappa shape index (κ3) is 4.00. The minimum absolute atomic E-state index is 0.0885. The Bertz CT molecular complexity index is 689. The molecule has 6 heteroatoms. The number of halogens is 2. The highest BCUT2D eigenvalue weighted by Gasteiger charge is 2.14. The highest BCUT2D eigenvalue weighted by Crippen LogP contribution is 2.19. The van der Waals surface area contributed by atoms with E-state index < -0.39 is 11.7 Å². The number of hydrogen-bond acceptors (Lipinski definition) is 2. The summed E-state index contributed by atoms with van der Waals surface area (Å²) in [5.41, 5.74) is 6.84. The Labute approximate surface area is 131 Å². The van der Waals surface area contributed by atoms with Crippen LogP contribution in [0, 0.1) is 5.82 Å². The van der Waals surface area contributed by atoms with Crippen LogP contribution in [0.4, 0.5) is 10.1 Å². The lowest BCUT2D eigenvalue weighted by atomic mass is 10.1. The van der Waals surface area contributed by atoms with Crippen molar-refractivity contribution in [3.63, 3.8) is 0 Å². The summed E-state index contributed by atoms with van der Waals surface area (Å²) >= 11 is 10.5. The SMILES string of the molecule is NC(=S)Cc1ccc(NC(=O)c2cccc(Cl)c2F)cc1. The molecule has 0 heterocycles. The molecular weight excluding hydrogens is 311 g/mol. The van der Waals surface area contributed by atoms with Gasteiger partial charge in [-0.15, -0.1) is 0 Å². The zero-order valence-corrected chi connectivity index (χ0v) is 12.5. The number of benzene rings is 2. The van der Waals surface area contributed by atoms with Crippen LogP contribution in [0.2, 0.25) is 5.02 Å². The van der Waals surface area contributed by atoms with E-state index in [1.54, 1.807) is 24.3 Å². The lowest BCUT2D eigenvalue weighted by molar-refractivity contribution is 0.102. The third-order valence-corrected chi connectivity index (χ3v) is 3.22. The molecule has 0 fully saturated rings. The van der Waals surface area contributed by atoms with Crippen LogP contribution >= 0.6 is 23.8 Å². The van der Waals surface area contributed by atoms with Crippen LogP contribution in [0.5, 0.6) is 0 Å². The summed E-state index contributed by atoms with van der Waals surface area (Å²) in [5, 5.41) is 2.52.